The molecule has 0 amide bonds. The number of aromatic nitrogens is 3. The number of aryl methyl sites for hydroxylation is 2. The Morgan fingerprint density at radius 3 is 2.88 bits per heavy atom. The first-order valence-corrected chi connectivity index (χ1v) is 8.23. The van der Waals surface area contributed by atoms with Crippen LogP contribution >= 0.6 is 11.3 Å². The van der Waals surface area contributed by atoms with Gasteiger partial charge in [-0.25, -0.2) is 14.8 Å². The van der Waals surface area contributed by atoms with Crippen LogP contribution in [0.4, 0.5) is 0 Å². The zero-order valence-electron chi connectivity index (χ0n) is 13.6. The van der Waals surface area contributed by atoms with E-state index < -0.39 is 5.97 Å². The number of carbonyl (C=O) groups is 1. The van der Waals surface area contributed by atoms with Crippen LogP contribution in [-0.4, -0.2) is 28.0 Å². The molecule has 2 aromatic heterocycles. The molecule has 0 saturated carbocycles. The minimum absolute atomic E-state index is 0.204. The Kier molecular flexibility index (Phi) is 4.61. The van der Waals surface area contributed by atoms with Crippen molar-refractivity contribution in [2.24, 2.45) is 0 Å². The molecule has 0 atom stereocenters. The lowest BCUT2D eigenvalue weighted by Crippen LogP contribution is -2.07. The van der Waals surface area contributed by atoms with Crippen molar-refractivity contribution in [2.75, 3.05) is 7.11 Å². The number of H-pyrrole nitrogens is 1. The minimum Gasteiger partial charge on any atom is -0.497 e. The molecule has 2 heterocycles. The van der Waals surface area contributed by atoms with Crippen LogP contribution in [0.1, 0.15) is 26.8 Å². The summed E-state index contributed by atoms with van der Waals surface area (Å²) in [6.45, 7) is 3.89. The maximum atomic E-state index is 12.3. The van der Waals surface area contributed by atoms with E-state index in [1.807, 2.05) is 31.2 Å². The summed E-state index contributed by atoms with van der Waals surface area (Å²) in [7, 11) is 1.61. The fourth-order valence-electron chi connectivity index (χ4n) is 2.23. The summed E-state index contributed by atoms with van der Waals surface area (Å²) in [4.78, 5) is 24.9. The monoisotopic (exact) mass is 343 g/mol. The van der Waals surface area contributed by atoms with Gasteiger partial charge in [0.15, 0.2) is 5.69 Å². The third-order valence-electron chi connectivity index (χ3n) is 3.60. The summed E-state index contributed by atoms with van der Waals surface area (Å²) in [5, 5.41) is 0. The number of ether oxygens (including phenoxy) is 2. The molecule has 124 valence electrons. The molecular weight excluding hydrogens is 326 g/mol. The molecule has 0 fully saturated rings. The maximum Gasteiger partial charge on any atom is 0.359 e. The summed E-state index contributed by atoms with van der Waals surface area (Å²) in [6, 6.07) is 7.48. The van der Waals surface area contributed by atoms with Crippen molar-refractivity contribution in [1.29, 1.82) is 0 Å². The standard InChI is InChI=1S/C17H17N3O3S/c1-10-14(24-9-18-10)8-23-17(21)15-11(2)19-16(20-15)12-5-4-6-13(7-12)22-3/h4-7,9H,8H2,1-3H3,(H,19,20). The Hall–Kier alpha value is -2.67. The van der Waals surface area contributed by atoms with Gasteiger partial charge in [-0.3, -0.25) is 0 Å². The van der Waals surface area contributed by atoms with E-state index in [9.17, 15) is 4.79 Å². The van der Waals surface area contributed by atoms with Crippen molar-refractivity contribution in [1.82, 2.24) is 15.0 Å². The number of imidazole rings is 1. The molecule has 24 heavy (non-hydrogen) atoms. The van der Waals surface area contributed by atoms with Gasteiger partial charge in [0.1, 0.15) is 18.2 Å². The van der Waals surface area contributed by atoms with Gasteiger partial charge in [-0.15, -0.1) is 11.3 Å². The molecule has 0 bridgehead atoms. The molecular formula is C17H17N3O3S. The Bertz CT molecular complexity index is 870. The summed E-state index contributed by atoms with van der Waals surface area (Å²) < 4.78 is 10.6. The van der Waals surface area contributed by atoms with Crippen LogP contribution in [0.3, 0.4) is 0 Å². The van der Waals surface area contributed by atoms with Crippen molar-refractivity contribution in [3.8, 4) is 17.1 Å². The second-order valence-corrected chi connectivity index (χ2v) is 6.17. The van der Waals surface area contributed by atoms with Crippen molar-refractivity contribution >= 4 is 17.3 Å². The highest BCUT2D eigenvalue weighted by atomic mass is 32.1. The molecule has 1 aromatic carbocycles. The number of benzene rings is 1. The van der Waals surface area contributed by atoms with E-state index in [1.54, 1.807) is 19.5 Å². The van der Waals surface area contributed by atoms with E-state index in [2.05, 4.69) is 15.0 Å². The van der Waals surface area contributed by atoms with Crippen LogP contribution in [0.2, 0.25) is 0 Å². The van der Waals surface area contributed by atoms with Gasteiger partial charge in [0.05, 0.1) is 23.2 Å². The second-order valence-electron chi connectivity index (χ2n) is 5.23. The third kappa shape index (κ3) is 3.30. The third-order valence-corrected chi connectivity index (χ3v) is 4.51. The summed E-state index contributed by atoms with van der Waals surface area (Å²) in [5.41, 5.74) is 4.41. The van der Waals surface area contributed by atoms with Crippen LogP contribution in [0.5, 0.6) is 5.75 Å². The number of nitrogens with zero attached hydrogens (tertiary/aromatic N) is 2. The predicted octanol–water partition coefficient (Wildman–Crippen LogP) is 3.52. The quantitative estimate of drug-likeness (QED) is 0.717. The van der Waals surface area contributed by atoms with E-state index in [4.69, 9.17) is 9.47 Å². The molecule has 0 radical (unpaired) electrons. The second kappa shape index (κ2) is 6.84. The summed E-state index contributed by atoms with van der Waals surface area (Å²) in [5.74, 6) is 0.879. The SMILES string of the molecule is COc1cccc(-c2nc(C(=O)OCc3scnc3C)c(C)[nH]2)c1. The first-order valence-electron chi connectivity index (χ1n) is 7.35. The first kappa shape index (κ1) is 16.2. The molecule has 0 saturated heterocycles. The number of aromatic amines is 1. The molecule has 0 aliphatic carbocycles. The molecule has 3 rings (SSSR count). The van der Waals surface area contributed by atoms with Gasteiger partial charge < -0.3 is 14.5 Å². The van der Waals surface area contributed by atoms with Gasteiger partial charge in [0, 0.05) is 11.3 Å². The molecule has 0 aliphatic heterocycles. The van der Waals surface area contributed by atoms with E-state index in [0.29, 0.717) is 11.5 Å². The highest BCUT2D eigenvalue weighted by Crippen LogP contribution is 2.23. The first-order chi connectivity index (χ1) is 11.6. The molecule has 7 heteroatoms. The topological polar surface area (TPSA) is 77.1 Å². The van der Waals surface area contributed by atoms with Crippen LogP contribution in [-0.2, 0) is 11.3 Å². The molecule has 6 nitrogen and oxygen atoms in total. The normalized spacial score (nSPS) is 10.6. The van der Waals surface area contributed by atoms with Crippen LogP contribution in [0.15, 0.2) is 29.8 Å². The lowest BCUT2D eigenvalue weighted by molar-refractivity contribution is 0.0469. The van der Waals surface area contributed by atoms with Crippen molar-refractivity contribution in [2.45, 2.75) is 20.5 Å². The Morgan fingerprint density at radius 1 is 1.33 bits per heavy atom. The zero-order chi connectivity index (χ0) is 17.1. The average Bonchev–Trinajstić information content (AvgIpc) is 3.18. The van der Waals surface area contributed by atoms with Gasteiger partial charge in [-0.05, 0) is 26.0 Å². The molecule has 0 spiro atoms. The highest BCUT2D eigenvalue weighted by Gasteiger charge is 2.18. The van der Waals surface area contributed by atoms with Crippen molar-refractivity contribution < 1.29 is 14.3 Å². The highest BCUT2D eigenvalue weighted by molar-refractivity contribution is 7.09. The van der Waals surface area contributed by atoms with Gasteiger partial charge in [0.2, 0.25) is 0 Å². The van der Waals surface area contributed by atoms with Gasteiger partial charge in [-0.1, -0.05) is 12.1 Å². The van der Waals surface area contributed by atoms with Gasteiger partial charge in [-0.2, -0.15) is 0 Å². The molecule has 0 unspecified atom stereocenters. The molecule has 3 aromatic rings. The number of methoxy groups -OCH3 is 1. The predicted molar refractivity (Wildman–Crippen MR) is 91.3 cm³/mol. The number of thiazole rings is 1. The number of rotatable bonds is 5. The number of nitrogens with one attached hydrogen (secondary N) is 1. The van der Waals surface area contributed by atoms with E-state index in [-0.39, 0.29) is 12.3 Å². The lowest BCUT2D eigenvalue weighted by atomic mass is 10.2. The number of hydrogen-bond acceptors (Lipinski definition) is 6. The van der Waals surface area contributed by atoms with Crippen molar-refractivity contribution in [3.63, 3.8) is 0 Å². The minimum atomic E-state index is -0.453. The fourth-order valence-corrected chi connectivity index (χ4v) is 2.92. The number of carbonyl (C=O) groups excluding carboxylic acids is 1. The fraction of sp³-hybridized carbons (Fsp3) is 0.235. The Labute approximate surface area is 143 Å². The lowest BCUT2D eigenvalue weighted by Gasteiger charge is -2.02. The molecule has 1 N–H and O–H groups in total. The maximum absolute atomic E-state index is 12.3. The largest absolute Gasteiger partial charge is 0.497 e. The Balaban J connectivity index is 1.78. The number of hydrogen-bond donors (Lipinski definition) is 1. The Morgan fingerprint density at radius 2 is 2.17 bits per heavy atom. The van der Waals surface area contributed by atoms with Gasteiger partial charge in [0.25, 0.3) is 0 Å². The van der Waals surface area contributed by atoms with Crippen LogP contribution < -0.4 is 4.74 Å². The van der Waals surface area contributed by atoms with E-state index in [0.717, 1.165) is 21.9 Å². The van der Waals surface area contributed by atoms with Crippen molar-refractivity contribution in [3.05, 3.63) is 51.7 Å². The smallest absolute Gasteiger partial charge is 0.359 e. The van der Waals surface area contributed by atoms with E-state index >= 15 is 0 Å². The zero-order valence-corrected chi connectivity index (χ0v) is 14.4. The van der Waals surface area contributed by atoms with E-state index in [1.165, 1.54) is 11.3 Å². The van der Waals surface area contributed by atoms with Gasteiger partial charge >= 0.3 is 5.97 Å². The number of esters is 1. The summed E-state index contributed by atoms with van der Waals surface area (Å²) in [6.07, 6.45) is 0. The summed E-state index contributed by atoms with van der Waals surface area (Å²) >= 11 is 1.47. The molecule has 0 aliphatic rings. The average molecular weight is 343 g/mol. The van der Waals surface area contributed by atoms with Crippen LogP contribution in [0, 0.1) is 13.8 Å². The van der Waals surface area contributed by atoms with Crippen LogP contribution in [0.25, 0.3) is 11.4 Å².